The molecular formula is C29H48N2. The molecule has 1 aromatic heterocycles. The fourth-order valence-electron chi connectivity index (χ4n) is 4.98. The summed E-state index contributed by atoms with van der Waals surface area (Å²) in [6.07, 6.45) is 28.2. The molecule has 2 rings (SSSR count). The summed E-state index contributed by atoms with van der Waals surface area (Å²) >= 11 is 0. The first-order valence-electron chi connectivity index (χ1n) is 13.4. The van der Waals surface area contributed by atoms with Gasteiger partial charge in [-0.25, -0.2) is 4.98 Å². The number of aromatic nitrogens is 2. The van der Waals surface area contributed by atoms with E-state index in [4.69, 9.17) is 0 Å². The second-order valence-electron chi connectivity index (χ2n) is 9.49. The Balaban J connectivity index is 1.71. The molecule has 0 N–H and O–H groups in total. The molecule has 1 heterocycles. The first kappa shape index (κ1) is 25.7. The summed E-state index contributed by atoms with van der Waals surface area (Å²) in [5, 5.41) is 0. The molecule has 31 heavy (non-hydrogen) atoms. The summed E-state index contributed by atoms with van der Waals surface area (Å²) in [6.45, 7) is 4.61. The predicted octanol–water partition coefficient (Wildman–Crippen LogP) is 9.17. The molecule has 0 saturated heterocycles. The van der Waals surface area contributed by atoms with E-state index in [9.17, 15) is 0 Å². The Hall–Kier alpha value is -1.57. The molecule has 2 aromatic rings. The monoisotopic (exact) mass is 424 g/mol. The third kappa shape index (κ3) is 11.0. The second-order valence-corrected chi connectivity index (χ2v) is 9.49. The fraction of sp³-hybridized carbons (Fsp3) is 0.690. The maximum atomic E-state index is 4.34. The van der Waals surface area contributed by atoms with Gasteiger partial charge in [0, 0.05) is 18.4 Å². The lowest BCUT2D eigenvalue weighted by molar-refractivity contribution is 0.280. The van der Waals surface area contributed by atoms with E-state index in [0.717, 1.165) is 0 Å². The highest BCUT2D eigenvalue weighted by Crippen LogP contribution is 2.31. The topological polar surface area (TPSA) is 17.8 Å². The molecule has 2 unspecified atom stereocenters. The van der Waals surface area contributed by atoms with Gasteiger partial charge in [0.05, 0.1) is 6.33 Å². The van der Waals surface area contributed by atoms with Gasteiger partial charge in [-0.15, -0.1) is 0 Å². The number of unbranched alkanes of at least 4 members (excludes halogenated alkanes) is 11. The van der Waals surface area contributed by atoms with Crippen molar-refractivity contribution in [1.29, 1.82) is 0 Å². The molecule has 0 aliphatic carbocycles. The van der Waals surface area contributed by atoms with Crippen LogP contribution < -0.4 is 0 Å². The molecule has 0 spiro atoms. The van der Waals surface area contributed by atoms with Crippen molar-refractivity contribution in [2.24, 2.45) is 5.92 Å². The summed E-state index contributed by atoms with van der Waals surface area (Å²) in [4.78, 5) is 4.34. The summed E-state index contributed by atoms with van der Waals surface area (Å²) in [5.74, 6) is 0.694. The summed E-state index contributed by atoms with van der Waals surface area (Å²) in [6, 6.07) is 11.7. The molecule has 0 fully saturated rings. The highest BCUT2D eigenvalue weighted by Gasteiger charge is 2.22. The summed E-state index contributed by atoms with van der Waals surface area (Å²) in [7, 11) is 0. The molecule has 0 bridgehead atoms. The number of hydrogen-bond acceptors (Lipinski definition) is 1. The molecule has 2 heteroatoms. The third-order valence-corrected chi connectivity index (χ3v) is 6.81. The third-order valence-electron chi connectivity index (χ3n) is 6.81. The Labute approximate surface area is 192 Å². The van der Waals surface area contributed by atoms with Crippen LogP contribution in [0.25, 0.3) is 0 Å². The quantitative estimate of drug-likeness (QED) is 0.205. The minimum absolute atomic E-state index is 0.570. The molecule has 2 atom stereocenters. The van der Waals surface area contributed by atoms with Crippen LogP contribution in [0.2, 0.25) is 0 Å². The molecule has 2 nitrogen and oxygen atoms in total. The van der Waals surface area contributed by atoms with Crippen molar-refractivity contribution in [2.75, 3.05) is 0 Å². The normalized spacial score (nSPS) is 13.4. The van der Waals surface area contributed by atoms with E-state index in [1.165, 1.54) is 108 Å². The number of nitrogens with zero attached hydrogens (tertiary/aromatic N) is 2. The van der Waals surface area contributed by atoms with E-state index in [-0.39, 0.29) is 0 Å². The van der Waals surface area contributed by atoms with Crippen LogP contribution in [0.3, 0.4) is 0 Å². The van der Waals surface area contributed by atoms with Gasteiger partial charge in [-0.2, -0.15) is 0 Å². The fourth-order valence-corrected chi connectivity index (χ4v) is 4.98. The second kappa shape index (κ2) is 17.0. The Morgan fingerprint density at radius 3 is 1.87 bits per heavy atom. The standard InChI is InChI=1S/C29H48N2/c1-3-5-6-7-8-9-10-11-12-13-14-18-22-28(25-27-20-16-15-17-21-27)29(19-4-2)31-24-23-30-26-31/h15-17,20-21,23-24,26,28-29H,3-14,18-19,22,25H2,1-2H3. The van der Waals surface area contributed by atoms with Crippen LogP contribution in [0.5, 0.6) is 0 Å². The lowest BCUT2D eigenvalue weighted by Gasteiger charge is -2.28. The Morgan fingerprint density at radius 2 is 1.32 bits per heavy atom. The molecule has 0 radical (unpaired) electrons. The minimum Gasteiger partial charge on any atom is -0.334 e. The number of benzene rings is 1. The van der Waals surface area contributed by atoms with E-state index < -0.39 is 0 Å². The van der Waals surface area contributed by atoms with Crippen LogP contribution in [0.4, 0.5) is 0 Å². The Kier molecular flexibility index (Phi) is 14.1. The van der Waals surface area contributed by atoms with Crippen molar-refractivity contribution in [1.82, 2.24) is 9.55 Å². The predicted molar refractivity (Wildman–Crippen MR) is 136 cm³/mol. The van der Waals surface area contributed by atoms with Crippen molar-refractivity contribution in [3.63, 3.8) is 0 Å². The van der Waals surface area contributed by atoms with Crippen molar-refractivity contribution in [3.05, 3.63) is 54.6 Å². The minimum atomic E-state index is 0.570. The van der Waals surface area contributed by atoms with Gasteiger partial charge >= 0.3 is 0 Å². The maximum Gasteiger partial charge on any atom is 0.0948 e. The van der Waals surface area contributed by atoms with Gasteiger partial charge in [-0.1, -0.05) is 128 Å². The van der Waals surface area contributed by atoms with E-state index in [0.29, 0.717) is 12.0 Å². The van der Waals surface area contributed by atoms with E-state index >= 15 is 0 Å². The van der Waals surface area contributed by atoms with E-state index in [1.807, 2.05) is 12.5 Å². The summed E-state index contributed by atoms with van der Waals surface area (Å²) in [5.41, 5.74) is 1.48. The van der Waals surface area contributed by atoms with Gasteiger partial charge in [0.2, 0.25) is 0 Å². The molecule has 1 aromatic carbocycles. The molecule has 0 aliphatic rings. The first-order valence-corrected chi connectivity index (χ1v) is 13.4. The lowest BCUT2D eigenvalue weighted by Crippen LogP contribution is -2.21. The van der Waals surface area contributed by atoms with Crippen LogP contribution in [0.1, 0.15) is 122 Å². The van der Waals surface area contributed by atoms with Crippen LogP contribution in [0.15, 0.2) is 49.1 Å². The molecular weight excluding hydrogens is 376 g/mol. The highest BCUT2D eigenvalue weighted by molar-refractivity contribution is 5.15. The van der Waals surface area contributed by atoms with Crippen LogP contribution in [-0.2, 0) is 6.42 Å². The van der Waals surface area contributed by atoms with Gasteiger partial charge in [0.15, 0.2) is 0 Å². The van der Waals surface area contributed by atoms with Gasteiger partial charge < -0.3 is 4.57 Å². The van der Waals surface area contributed by atoms with Crippen molar-refractivity contribution < 1.29 is 0 Å². The average Bonchev–Trinajstić information content (AvgIpc) is 3.33. The SMILES string of the molecule is CCCCCCCCCCCCCCC(Cc1ccccc1)C(CCC)n1ccnc1. The Morgan fingerprint density at radius 1 is 0.710 bits per heavy atom. The highest BCUT2D eigenvalue weighted by atomic mass is 15.1. The van der Waals surface area contributed by atoms with Crippen molar-refractivity contribution in [3.8, 4) is 0 Å². The molecule has 0 amide bonds. The van der Waals surface area contributed by atoms with Crippen LogP contribution in [-0.4, -0.2) is 9.55 Å². The van der Waals surface area contributed by atoms with Gasteiger partial charge in [-0.05, 0) is 30.7 Å². The first-order chi connectivity index (χ1) is 15.3. The average molecular weight is 425 g/mol. The number of rotatable bonds is 19. The Bertz CT molecular complexity index is 619. The van der Waals surface area contributed by atoms with Gasteiger partial charge in [0.1, 0.15) is 0 Å². The maximum absolute atomic E-state index is 4.34. The van der Waals surface area contributed by atoms with Crippen molar-refractivity contribution >= 4 is 0 Å². The largest absolute Gasteiger partial charge is 0.334 e. The van der Waals surface area contributed by atoms with Gasteiger partial charge in [0.25, 0.3) is 0 Å². The smallest absolute Gasteiger partial charge is 0.0948 e. The zero-order chi connectivity index (χ0) is 22.0. The zero-order valence-corrected chi connectivity index (χ0v) is 20.5. The lowest BCUT2D eigenvalue weighted by atomic mass is 9.85. The zero-order valence-electron chi connectivity index (χ0n) is 20.5. The van der Waals surface area contributed by atoms with E-state index in [1.54, 1.807) is 0 Å². The number of imidazole rings is 1. The van der Waals surface area contributed by atoms with E-state index in [2.05, 4.69) is 59.9 Å². The molecule has 0 aliphatic heterocycles. The van der Waals surface area contributed by atoms with Crippen LogP contribution >= 0.6 is 0 Å². The van der Waals surface area contributed by atoms with Crippen molar-refractivity contribution in [2.45, 2.75) is 123 Å². The number of hydrogen-bond donors (Lipinski definition) is 0. The van der Waals surface area contributed by atoms with Gasteiger partial charge in [-0.3, -0.25) is 0 Å². The molecule has 174 valence electrons. The molecule has 0 saturated carbocycles. The summed E-state index contributed by atoms with van der Waals surface area (Å²) < 4.78 is 2.37. The van der Waals surface area contributed by atoms with Crippen LogP contribution in [0, 0.1) is 5.92 Å².